The van der Waals surface area contributed by atoms with E-state index < -0.39 is 89.3 Å². The lowest BCUT2D eigenvalue weighted by molar-refractivity contribution is -0.264. The van der Waals surface area contributed by atoms with Crippen molar-refractivity contribution < 1.29 is 100 Å². The summed E-state index contributed by atoms with van der Waals surface area (Å²) in [6.07, 6.45) is 18.8. The lowest BCUT2D eigenvalue weighted by atomic mass is 9.80. The van der Waals surface area contributed by atoms with Crippen LogP contribution in [0.1, 0.15) is 168 Å². The monoisotopic (exact) mass is 1720 g/mol. The first-order valence-electron chi connectivity index (χ1n) is 43.7. The number of amides is 2. The number of rotatable bonds is 38. The van der Waals surface area contributed by atoms with E-state index in [1.165, 1.54) is 19.3 Å². The van der Waals surface area contributed by atoms with Crippen LogP contribution in [0.2, 0.25) is 0 Å². The highest BCUT2D eigenvalue weighted by atomic mass is 16.6. The standard InChI is InChI=1S/C89H129N13O21/c1-57-18-9-8-10-19-58(2)67(72-22-17-35-119-72)53-66-26-23-62(6)89(111,123-66)83(108)86(109)101-31-14-11-21-70(101)87(110)121-75(54-71(103)59(3)49-61(5)81(106)82(107)80(105)60(4)48-57)68(90)50-63-24-27-74(76(51-63)112-7)120-34-16-12-20-65-55-100(99-97-65)33-37-114-39-41-116-43-45-118-47-46-117-44-42-115-40-38-113-36-29-77(104)93-30-13-15-32-102-85-78(84(91)94-56-95-85)79(98-102)64-25-28-73-69(52-64)96-88(92)122-73/h8-10,17-19,22,25,28,35,49,52,55-57,59-60,62-63,66-68,70,74-76,81-82,106-107,111H,11-16,20-21,23-24,26-27,29-34,36-48,50-51,53-54,90H2,1-7H3,(H2,92,96)(H,93,104)(H2,91,94,95)/b10-8+,18-9+,58-19+,61-49+/t57-,59-,60-,62-,63+,66+,67+,68-,70+,74-,75+,76-,81-,82+,89-/m1/s1. The molecule has 0 radical (unpaired) electrons. The number of furan rings is 1. The van der Waals surface area contributed by atoms with Crippen LogP contribution >= 0.6 is 0 Å². The molecule has 123 heavy (non-hydrogen) atoms. The highest BCUT2D eigenvalue weighted by Gasteiger charge is 2.53. The summed E-state index contributed by atoms with van der Waals surface area (Å²) in [7, 11) is 1.64. The summed E-state index contributed by atoms with van der Waals surface area (Å²) >= 11 is 0. The molecular formula is C89H129N13O21. The molecule has 2 saturated heterocycles. The first-order chi connectivity index (χ1) is 59.4. The van der Waals surface area contributed by atoms with Gasteiger partial charge >= 0.3 is 5.97 Å². The Hall–Kier alpha value is -8.88. The Balaban J connectivity index is 0.577. The number of aryl methyl sites for hydroxylation is 2. The zero-order valence-electron chi connectivity index (χ0n) is 72.4. The van der Waals surface area contributed by atoms with E-state index in [1.54, 1.807) is 55.6 Å². The van der Waals surface area contributed by atoms with Gasteiger partial charge < -0.3 is 98.9 Å². The van der Waals surface area contributed by atoms with Crippen LogP contribution in [0.4, 0.5) is 11.8 Å². The van der Waals surface area contributed by atoms with E-state index in [4.69, 9.17) is 78.5 Å². The third kappa shape index (κ3) is 28.6. The number of esters is 1. The number of unbranched alkanes of at least 4 members (excludes halogenated alkanes) is 2. The predicted octanol–water partition coefficient (Wildman–Crippen LogP) is 8.42. The second kappa shape index (κ2) is 49.1. The number of cyclic esters (lactones) is 1. The number of ketones is 3. The molecule has 1 aliphatic carbocycles. The predicted molar refractivity (Wildman–Crippen MR) is 455 cm³/mol. The van der Waals surface area contributed by atoms with Crippen LogP contribution in [0.5, 0.6) is 0 Å². The molecule has 676 valence electrons. The van der Waals surface area contributed by atoms with Crippen LogP contribution in [0.15, 0.2) is 106 Å². The van der Waals surface area contributed by atoms with Gasteiger partial charge in [-0.05, 0) is 164 Å². The highest BCUT2D eigenvalue weighted by molar-refractivity contribution is 6.39. The minimum Gasteiger partial charge on any atom is -0.469 e. The summed E-state index contributed by atoms with van der Waals surface area (Å²) < 4.78 is 73.8. The quantitative estimate of drug-likeness (QED) is 0.00827. The molecule has 1 saturated carbocycles. The number of methoxy groups -OCH3 is 1. The Kier molecular flexibility index (Phi) is 38.5. The van der Waals surface area contributed by atoms with E-state index in [0.29, 0.717) is 209 Å². The molecule has 0 unspecified atom stereocenters. The van der Waals surface area contributed by atoms with Crippen LogP contribution in [0.3, 0.4) is 0 Å². The number of ether oxygens (including phenoxy) is 10. The number of anilines is 2. The number of carbonyl (C=O) groups excluding carboxylic acids is 6. The zero-order chi connectivity index (χ0) is 87.8. The maximum absolute atomic E-state index is 14.8. The summed E-state index contributed by atoms with van der Waals surface area (Å²) in [6.45, 7) is 17.3. The molecule has 15 atom stereocenters. The summed E-state index contributed by atoms with van der Waals surface area (Å²) in [5, 5.41) is 51.9. The van der Waals surface area contributed by atoms with Gasteiger partial charge in [0, 0.05) is 87.7 Å². The first-order valence-corrected chi connectivity index (χ1v) is 43.7. The first kappa shape index (κ1) is 96.3. The number of piperidine rings is 1. The molecule has 34 nitrogen and oxygen atoms in total. The second-order valence-corrected chi connectivity index (χ2v) is 32.9. The molecule has 10 rings (SSSR count). The largest absolute Gasteiger partial charge is 0.469 e. The number of allylic oxidation sites excluding steroid dienone is 7. The number of oxazole rings is 1. The third-order valence-corrected chi connectivity index (χ3v) is 23.5. The Labute approximate surface area is 719 Å². The van der Waals surface area contributed by atoms with Crippen molar-refractivity contribution in [2.45, 2.75) is 231 Å². The number of fused-ring (bicyclic) bond motifs is 5. The highest BCUT2D eigenvalue weighted by Crippen LogP contribution is 2.41. The van der Waals surface area contributed by atoms with E-state index in [9.17, 15) is 44.1 Å². The van der Waals surface area contributed by atoms with Crippen molar-refractivity contribution in [1.29, 1.82) is 0 Å². The molecule has 3 aliphatic heterocycles. The molecule has 34 heteroatoms. The van der Waals surface area contributed by atoms with Crippen molar-refractivity contribution in [2.75, 3.05) is 118 Å². The molecule has 2 bridgehead atoms. The number of Topliss-reactive ketones (excluding diaryl/α,β-unsaturated/α-hetero) is 3. The number of aromatic nitrogens is 8. The molecule has 10 N–H and O–H groups in total. The molecule has 8 heterocycles. The van der Waals surface area contributed by atoms with E-state index in [1.807, 2.05) is 68.6 Å². The number of carbonyl (C=O) groups is 6. The summed E-state index contributed by atoms with van der Waals surface area (Å²) in [5.41, 5.74) is 24.3. The van der Waals surface area contributed by atoms with E-state index >= 15 is 0 Å². The van der Waals surface area contributed by atoms with Gasteiger partial charge in [0.25, 0.3) is 17.7 Å². The van der Waals surface area contributed by atoms with Gasteiger partial charge in [-0.15, -0.1) is 5.10 Å². The number of benzene rings is 1. The number of nitrogen functional groups attached to an aromatic ring is 2. The Bertz CT molecular complexity index is 4450. The van der Waals surface area contributed by atoms with Crippen LogP contribution in [-0.4, -0.2) is 256 Å². The molecule has 0 spiro atoms. The SMILES string of the molecule is CO[C@@H]1C[C@H](C[C@@H](N)[C@@H]2CC(=O)[C@H](C)/C=C(\C)[C@@H](O)[C@@H](O)C(=O)[C@H](C)C[C@H](C)/C=C/C=C/C=C(\C)[C@@H](c3ccco3)C[C@@H]3CC[C@@H](C)[C@@](O)(O3)C(=O)C(=O)N3CCCC[C@H]3C(=O)O2)CC[C@H]1OCCCCc1cn(CCOCCOCCOCCOCCOCCOCCC(=O)NCCCCn2nc(-c3ccc4oc(N)nc4c3)c3c(N)ncnc32)nn1. The van der Waals surface area contributed by atoms with Crippen molar-refractivity contribution in [1.82, 2.24) is 49.9 Å². The fraction of sp³-hybridized carbons (Fsp3) is 0.640. The van der Waals surface area contributed by atoms with Crippen LogP contribution in [-0.2, 0) is 95.6 Å². The van der Waals surface area contributed by atoms with Gasteiger partial charge in [0.1, 0.15) is 59.3 Å². The molecule has 2 amide bonds. The van der Waals surface area contributed by atoms with E-state index in [-0.39, 0.29) is 79.9 Å². The Morgan fingerprint density at radius 1 is 0.764 bits per heavy atom. The van der Waals surface area contributed by atoms with Gasteiger partial charge in [0.2, 0.25) is 11.7 Å². The number of aliphatic hydroxyl groups is 3. The van der Waals surface area contributed by atoms with Crippen LogP contribution in [0, 0.1) is 29.6 Å². The zero-order valence-corrected chi connectivity index (χ0v) is 72.4. The fourth-order valence-corrected chi connectivity index (χ4v) is 16.3. The average molecular weight is 1720 g/mol. The number of hydrogen-bond donors (Lipinski definition) is 7. The van der Waals surface area contributed by atoms with Gasteiger partial charge in [-0.3, -0.25) is 24.0 Å². The Morgan fingerprint density at radius 3 is 2.22 bits per heavy atom. The molecule has 6 aromatic rings. The average Bonchev–Trinajstić information content (AvgIpc) is 1.56. The van der Waals surface area contributed by atoms with Gasteiger partial charge in [-0.1, -0.05) is 74.9 Å². The normalized spacial score (nSPS) is 27.0. The van der Waals surface area contributed by atoms with Crippen molar-refractivity contribution >= 4 is 69.1 Å². The minimum absolute atomic E-state index is 0.0206. The van der Waals surface area contributed by atoms with Crippen LogP contribution < -0.4 is 22.5 Å². The van der Waals surface area contributed by atoms with Gasteiger partial charge in [0.15, 0.2) is 17.0 Å². The van der Waals surface area contributed by atoms with E-state index in [0.717, 1.165) is 47.4 Å². The molecule has 1 aromatic carbocycles. The van der Waals surface area contributed by atoms with Gasteiger partial charge in [-0.25, -0.2) is 24.1 Å². The second-order valence-electron chi connectivity index (χ2n) is 32.9. The molecule has 4 aliphatic rings. The van der Waals surface area contributed by atoms with Gasteiger partial charge in [-0.2, -0.15) is 10.1 Å². The maximum Gasteiger partial charge on any atom is 0.329 e. The lowest BCUT2D eigenvalue weighted by Gasteiger charge is -2.42. The van der Waals surface area contributed by atoms with E-state index in [2.05, 4.69) is 30.6 Å². The number of hydrogen-bond acceptors (Lipinski definition) is 30. The van der Waals surface area contributed by atoms with Crippen molar-refractivity contribution in [3.63, 3.8) is 0 Å². The molecular weight excluding hydrogens is 1590 g/mol. The van der Waals surface area contributed by atoms with Crippen molar-refractivity contribution in [3.05, 3.63) is 108 Å². The molecule has 3 fully saturated rings. The molecule has 5 aromatic heterocycles. The van der Waals surface area contributed by atoms with Crippen LogP contribution in [0.25, 0.3) is 33.4 Å². The third-order valence-electron chi connectivity index (χ3n) is 23.5. The summed E-state index contributed by atoms with van der Waals surface area (Å²) in [4.78, 5) is 98.5. The number of aliphatic hydroxyl groups excluding tert-OH is 2. The summed E-state index contributed by atoms with van der Waals surface area (Å²) in [5.74, 6) is -8.41. The lowest BCUT2D eigenvalue weighted by Crippen LogP contribution is -2.61. The Morgan fingerprint density at radius 2 is 1.50 bits per heavy atom. The maximum atomic E-state index is 14.8. The number of nitrogens with one attached hydrogen (secondary N) is 1. The smallest absolute Gasteiger partial charge is 0.329 e. The summed E-state index contributed by atoms with van der Waals surface area (Å²) in [6, 6.07) is 7.06. The van der Waals surface area contributed by atoms with Crippen molar-refractivity contribution in [2.24, 2.45) is 35.3 Å². The van der Waals surface area contributed by atoms with Gasteiger partial charge in [0.05, 0.1) is 121 Å². The number of nitrogens with zero attached hydrogens (tertiary/aromatic N) is 9. The number of nitrogens with two attached hydrogens (primary N) is 3. The topological polar surface area (TPSA) is 462 Å². The fourth-order valence-electron chi connectivity index (χ4n) is 16.3. The van der Waals surface area contributed by atoms with Crippen molar-refractivity contribution in [3.8, 4) is 11.3 Å². The minimum atomic E-state index is -2.51.